The smallest absolute Gasteiger partial charge is 0.326 e. The van der Waals surface area contributed by atoms with Gasteiger partial charge in [0.2, 0.25) is 0 Å². The first kappa shape index (κ1) is 25.2. The summed E-state index contributed by atoms with van der Waals surface area (Å²) in [7, 11) is 0. The van der Waals surface area contributed by atoms with Crippen LogP contribution in [0.1, 0.15) is 57.2 Å². The number of hydrogen-bond donors (Lipinski definition) is 1. The van der Waals surface area contributed by atoms with Crippen molar-refractivity contribution in [1.29, 1.82) is 0 Å². The summed E-state index contributed by atoms with van der Waals surface area (Å²) in [5.41, 5.74) is 2.17. The average Bonchev–Trinajstić information content (AvgIpc) is 3.51. The average molecular weight is 545 g/mol. The molecule has 9 heteroatoms. The highest BCUT2D eigenvalue weighted by Gasteiger charge is 2.53. The molecule has 36 heavy (non-hydrogen) atoms. The van der Waals surface area contributed by atoms with Crippen molar-refractivity contribution in [1.82, 2.24) is 9.80 Å². The van der Waals surface area contributed by atoms with E-state index in [2.05, 4.69) is 11.8 Å². The first-order valence-corrected chi connectivity index (χ1v) is 13.6. The molecule has 0 aliphatic carbocycles. The number of carboxylic acids is 1. The number of fused-ring (bicyclic) bond motifs is 1. The summed E-state index contributed by atoms with van der Waals surface area (Å²) in [6.07, 6.45) is 1.89. The Morgan fingerprint density at radius 3 is 2.28 bits per heavy atom. The third-order valence-corrected chi connectivity index (χ3v) is 9.16. The van der Waals surface area contributed by atoms with Crippen LogP contribution in [0.15, 0.2) is 64.1 Å². The molecule has 4 atom stereocenters. The Bertz CT molecular complexity index is 1280. The van der Waals surface area contributed by atoms with Crippen LogP contribution in [0.25, 0.3) is 0 Å². The van der Waals surface area contributed by atoms with Crippen molar-refractivity contribution in [3.63, 3.8) is 0 Å². The standard InChI is InChI=1S/C27H27Cl2N3O3S/c1-4-20-13-14-21(25(34)35)32(20)24(33)22-15(2)31-23(16-5-9-18(28)10-6-16)27(3,30-26(31)36-22)17-7-11-19(29)12-8-17/h5-12,20-21,23H,4,13-14H2,1-3H3,(H,34,35)/t20-,21+,23-,27+/m1/s1. The molecule has 6 nitrogen and oxygen atoms in total. The van der Waals surface area contributed by atoms with Crippen LogP contribution in [0.4, 0.5) is 0 Å². The second-order valence-corrected chi connectivity index (χ2v) is 11.4. The van der Waals surface area contributed by atoms with Crippen LogP contribution in [-0.4, -0.2) is 44.0 Å². The summed E-state index contributed by atoms with van der Waals surface area (Å²) in [5.74, 6) is -1.18. The third-order valence-electron chi connectivity index (χ3n) is 7.51. The minimum atomic E-state index is -0.951. The van der Waals surface area contributed by atoms with Crippen LogP contribution in [0.3, 0.4) is 0 Å². The molecule has 0 bridgehead atoms. The number of aliphatic imine (C=N–C) groups is 1. The molecule has 0 unspecified atom stereocenters. The van der Waals surface area contributed by atoms with Crippen LogP contribution in [0.2, 0.25) is 10.0 Å². The number of amidine groups is 1. The predicted octanol–water partition coefficient (Wildman–Crippen LogP) is 6.45. The number of hydrogen-bond acceptors (Lipinski definition) is 5. The van der Waals surface area contributed by atoms with Gasteiger partial charge in [-0.2, -0.15) is 0 Å². The Labute approximate surface area is 225 Å². The van der Waals surface area contributed by atoms with Gasteiger partial charge in [-0.3, -0.25) is 4.79 Å². The molecular formula is C27H27Cl2N3O3S. The zero-order chi connectivity index (χ0) is 25.8. The molecule has 1 fully saturated rings. The second kappa shape index (κ2) is 9.43. The maximum Gasteiger partial charge on any atom is 0.326 e. The number of amides is 1. The fourth-order valence-electron chi connectivity index (χ4n) is 5.64. The molecule has 3 aliphatic heterocycles. The molecule has 5 rings (SSSR count). The van der Waals surface area contributed by atoms with Crippen molar-refractivity contribution in [2.75, 3.05) is 0 Å². The minimum Gasteiger partial charge on any atom is -0.480 e. The van der Waals surface area contributed by atoms with E-state index in [1.807, 2.05) is 62.4 Å². The summed E-state index contributed by atoms with van der Waals surface area (Å²) in [5, 5.41) is 11.8. The van der Waals surface area contributed by atoms with Crippen LogP contribution >= 0.6 is 35.0 Å². The molecule has 188 valence electrons. The summed E-state index contributed by atoms with van der Waals surface area (Å²) < 4.78 is 0. The Kier molecular flexibility index (Phi) is 6.60. The molecule has 1 N–H and O–H groups in total. The lowest BCUT2D eigenvalue weighted by molar-refractivity contribution is -0.147. The Morgan fingerprint density at radius 1 is 1.08 bits per heavy atom. The van der Waals surface area contributed by atoms with Gasteiger partial charge in [0.15, 0.2) is 5.17 Å². The van der Waals surface area contributed by atoms with Gasteiger partial charge in [-0.05, 0) is 80.3 Å². The second-order valence-electron chi connectivity index (χ2n) is 9.60. The van der Waals surface area contributed by atoms with Gasteiger partial charge in [-0.25, -0.2) is 9.79 Å². The fourth-order valence-corrected chi connectivity index (χ4v) is 7.09. The van der Waals surface area contributed by atoms with Gasteiger partial charge in [0.05, 0.1) is 10.9 Å². The Morgan fingerprint density at radius 2 is 1.69 bits per heavy atom. The van der Waals surface area contributed by atoms with E-state index in [0.29, 0.717) is 27.8 Å². The van der Waals surface area contributed by atoms with Crippen molar-refractivity contribution in [3.05, 3.63) is 80.3 Å². The summed E-state index contributed by atoms with van der Waals surface area (Å²) in [4.78, 5) is 35.1. The zero-order valence-electron chi connectivity index (χ0n) is 20.2. The van der Waals surface area contributed by atoms with Gasteiger partial charge in [-0.15, -0.1) is 0 Å². The number of aliphatic carboxylic acids is 1. The first-order valence-electron chi connectivity index (χ1n) is 12.0. The summed E-state index contributed by atoms with van der Waals surface area (Å²) >= 11 is 13.7. The highest BCUT2D eigenvalue weighted by Crippen LogP contribution is 2.55. The topological polar surface area (TPSA) is 73.2 Å². The Balaban J connectivity index is 1.58. The van der Waals surface area contributed by atoms with E-state index in [0.717, 1.165) is 28.4 Å². The van der Waals surface area contributed by atoms with Gasteiger partial charge in [0.25, 0.3) is 5.91 Å². The number of nitrogens with zero attached hydrogens (tertiary/aromatic N) is 3. The quantitative estimate of drug-likeness (QED) is 0.468. The van der Waals surface area contributed by atoms with Crippen LogP contribution in [0.5, 0.6) is 0 Å². The number of carboxylic acid groups (broad SMARTS) is 1. The predicted molar refractivity (Wildman–Crippen MR) is 144 cm³/mol. The number of carbonyl (C=O) groups excluding carboxylic acids is 1. The van der Waals surface area contributed by atoms with Gasteiger partial charge >= 0.3 is 5.97 Å². The molecule has 3 heterocycles. The maximum atomic E-state index is 13.8. The van der Waals surface area contributed by atoms with E-state index in [9.17, 15) is 14.7 Å². The molecule has 0 spiro atoms. The van der Waals surface area contributed by atoms with Gasteiger partial charge in [0.1, 0.15) is 11.6 Å². The summed E-state index contributed by atoms with van der Waals surface area (Å²) in [6, 6.07) is 14.3. The lowest BCUT2D eigenvalue weighted by atomic mass is 9.81. The van der Waals surface area contributed by atoms with Crippen molar-refractivity contribution in [2.24, 2.45) is 4.99 Å². The molecular weight excluding hydrogens is 517 g/mol. The van der Waals surface area contributed by atoms with Gasteiger partial charge < -0.3 is 14.9 Å². The molecule has 0 radical (unpaired) electrons. The molecule has 0 saturated carbocycles. The normalized spacial score (nSPS) is 27.5. The maximum absolute atomic E-state index is 13.8. The molecule has 1 saturated heterocycles. The zero-order valence-corrected chi connectivity index (χ0v) is 22.6. The lowest BCUT2D eigenvalue weighted by Gasteiger charge is -2.35. The molecule has 1 amide bonds. The third kappa shape index (κ3) is 4.01. The Hall–Kier alpha value is -2.48. The number of rotatable bonds is 5. The number of carbonyl (C=O) groups is 2. The fraction of sp³-hybridized carbons (Fsp3) is 0.370. The largest absolute Gasteiger partial charge is 0.480 e. The van der Waals surface area contributed by atoms with E-state index in [-0.39, 0.29) is 18.0 Å². The van der Waals surface area contributed by atoms with Crippen molar-refractivity contribution in [2.45, 2.75) is 63.7 Å². The van der Waals surface area contributed by atoms with Crippen LogP contribution < -0.4 is 0 Å². The number of benzene rings is 2. The van der Waals surface area contributed by atoms with Crippen molar-refractivity contribution in [3.8, 4) is 0 Å². The van der Waals surface area contributed by atoms with Gasteiger partial charge in [0, 0.05) is 21.8 Å². The van der Waals surface area contributed by atoms with E-state index in [4.69, 9.17) is 28.2 Å². The van der Waals surface area contributed by atoms with Crippen LogP contribution in [0, 0.1) is 0 Å². The molecule has 2 aromatic carbocycles. The highest BCUT2D eigenvalue weighted by atomic mass is 35.5. The molecule has 3 aliphatic rings. The van der Waals surface area contributed by atoms with E-state index < -0.39 is 17.6 Å². The first-order chi connectivity index (χ1) is 17.2. The molecule has 2 aromatic rings. The number of likely N-dealkylation sites (tertiary alicyclic amines) is 1. The summed E-state index contributed by atoms with van der Waals surface area (Å²) in [6.45, 7) is 6.00. The van der Waals surface area contributed by atoms with E-state index >= 15 is 0 Å². The SMILES string of the molecule is CC[C@@H]1CC[C@@H](C(=O)O)N1C(=O)C1=C(C)N2C(=N[C@@](C)(c3ccc(Cl)cc3)[C@H]2c2ccc(Cl)cc2)S1. The van der Waals surface area contributed by atoms with Crippen molar-refractivity contribution >= 4 is 52.0 Å². The number of allylic oxidation sites excluding steroid dienone is 1. The minimum absolute atomic E-state index is 0.0803. The molecule has 0 aromatic heterocycles. The van der Waals surface area contributed by atoms with Crippen LogP contribution in [-0.2, 0) is 15.1 Å². The highest BCUT2D eigenvalue weighted by molar-refractivity contribution is 8.18. The van der Waals surface area contributed by atoms with E-state index in [1.54, 1.807) is 4.90 Å². The van der Waals surface area contributed by atoms with E-state index in [1.165, 1.54) is 11.8 Å². The monoisotopic (exact) mass is 543 g/mol. The van der Waals surface area contributed by atoms with Gasteiger partial charge in [-0.1, -0.05) is 54.4 Å². The number of thioether (sulfide) groups is 1. The lowest BCUT2D eigenvalue weighted by Crippen LogP contribution is -2.45. The number of halogens is 2. The van der Waals surface area contributed by atoms with Crippen molar-refractivity contribution < 1.29 is 14.7 Å².